The Morgan fingerprint density at radius 2 is 2.00 bits per heavy atom. The summed E-state index contributed by atoms with van der Waals surface area (Å²) in [6, 6.07) is -0.169. The van der Waals surface area contributed by atoms with E-state index < -0.39 is 5.97 Å². The lowest BCUT2D eigenvalue weighted by Crippen LogP contribution is -2.44. The van der Waals surface area contributed by atoms with Crippen LogP contribution in [0.25, 0.3) is 0 Å². The number of nitrogens with zero attached hydrogens (tertiary/aromatic N) is 1. The van der Waals surface area contributed by atoms with E-state index in [0.717, 1.165) is 39.1 Å². The number of carbonyl (C=O) groups is 2. The molecule has 1 heterocycles. The number of hydrogen-bond acceptors (Lipinski definition) is 4. The zero-order valence-electron chi connectivity index (χ0n) is 12.9. The molecule has 1 fully saturated rings. The van der Waals surface area contributed by atoms with Crippen molar-refractivity contribution in [2.24, 2.45) is 5.92 Å². The Labute approximate surface area is 126 Å². The summed E-state index contributed by atoms with van der Waals surface area (Å²) in [4.78, 5) is 24.4. The van der Waals surface area contributed by atoms with Gasteiger partial charge in [0, 0.05) is 45.7 Å². The van der Waals surface area contributed by atoms with Gasteiger partial charge in [0.25, 0.3) is 0 Å². The number of carboxylic acids is 1. The van der Waals surface area contributed by atoms with Crippen molar-refractivity contribution in [2.45, 2.75) is 26.2 Å². The first-order valence-electron chi connectivity index (χ1n) is 7.74. The van der Waals surface area contributed by atoms with Gasteiger partial charge in [-0.05, 0) is 25.3 Å². The van der Waals surface area contributed by atoms with Crippen molar-refractivity contribution in [3.63, 3.8) is 0 Å². The minimum absolute atomic E-state index is 0.148. The van der Waals surface area contributed by atoms with Gasteiger partial charge in [0.05, 0.1) is 0 Å². The third-order valence-corrected chi connectivity index (χ3v) is 3.61. The van der Waals surface area contributed by atoms with Crippen LogP contribution in [0.3, 0.4) is 0 Å². The summed E-state index contributed by atoms with van der Waals surface area (Å²) in [7, 11) is 0. The topological polar surface area (TPSA) is 93.7 Å². The van der Waals surface area contributed by atoms with Crippen LogP contribution < -0.4 is 16.0 Å². The number of hydrogen-bond donors (Lipinski definition) is 4. The first-order valence-corrected chi connectivity index (χ1v) is 7.74. The van der Waals surface area contributed by atoms with E-state index in [1.165, 1.54) is 0 Å². The molecule has 21 heavy (non-hydrogen) atoms. The lowest BCUT2D eigenvalue weighted by molar-refractivity contribution is -0.137. The first-order chi connectivity index (χ1) is 10.1. The molecule has 1 aliphatic heterocycles. The fourth-order valence-electron chi connectivity index (χ4n) is 2.24. The number of rotatable bonds is 9. The molecule has 0 bridgehead atoms. The molecule has 0 saturated carbocycles. The van der Waals surface area contributed by atoms with E-state index >= 15 is 0 Å². The highest BCUT2D eigenvalue weighted by Crippen LogP contribution is 2.03. The molecule has 1 atom stereocenters. The summed E-state index contributed by atoms with van der Waals surface area (Å²) < 4.78 is 0. The molecule has 2 amide bonds. The van der Waals surface area contributed by atoms with Gasteiger partial charge >= 0.3 is 12.0 Å². The Morgan fingerprint density at radius 1 is 1.29 bits per heavy atom. The van der Waals surface area contributed by atoms with Crippen LogP contribution in [0.4, 0.5) is 4.79 Å². The summed E-state index contributed by atoms with van der Waals surface area (Å²) in [5.74, 6) is -0.619. The van der Waals surface area contributed by atoms with Gasteiger partial charge < -0.3 is 26.0 Å². The van der Waals surface area contributed by atoms with Crippen molar-refractivity contribution in [3.8, 4) is 0 Å². The quantitative estimate of drug-likeness (QED) is 0.453. The lowest BCUT2D eigenvalue weighted by atomic mass is 10.1. The molecule has 0 radical (unpaired) electrons. The molecule has 0 aromatic rings. The third-order valence-electron chi connectivity index (χ3n) is 3.61. The molecular formula is C14H28N4O3. The standard InChI is InChI=1S/C14H28N4O3/c1-12(3-4-13(19)20)11-17-14(21)16-5-2-8-18-9-6-15-7-10-18/h12,15H,2-11H2,1H3,(H,19,20)(H2,16,17,21). The molecule has 1 saturated heterocycles. The number of amides is 2. The maximum atomic E-state index is 11.6. The van der Waals surface area contributed by atoms with Crippen molar-refractivity contribution in [1.29, 1.82) is 0 Å². The van der Waals surface area contributed by atoms with E-state index in [0.29, 0.717) is 19.5 Å². The molecule has 1 aliphatic rings. The van der Waals surface area contributed by atoms with Gasteiger partial charge in [-0.1, -0.05) is 6.92 Å². The van der Waals surface area contributed by atoms with E-state index in [4.69, 9.17) is 5.11 Å². The van der Waals surface area contributed by atoms with Crippen LogP contribution in [0.1, 0.15) is 26.2 Å². The predicted octanol–water partition coefficient (Wildman–Crippen LogP) is 0.0818. The molecule has 0 aromatic carbocycles. The molecule has 1 rings (SSSR count). The lowest BCUT2D eigenvalue weighted by Gasteiger charge is -2.27. The zero-order valence-corrected chi connectivity index (χ0v) is 12.9. The first kappa shape index (κ1) is 17.7. The van der Waals surface area contributed by atoms with Crippen molar-refractivity contribution < 1.29 is 14.7 Å². The second kappa shape index (κ2) is 10.4. The second-order valence-electron chi connectivity index (χ2n) is 5.62. The maximum absolute atomic E-state index is 11.6. The second-order valence-corrected chi connectivity index (χ2v) is 5.62. The molecule has 7 nitrogen and oxygen atoms in total. The van der Waals surface area contributed by atoms with E-state index in [-0.39, 0.29) is 18.4 Å². The van der Waals surface area contributed by atoms with Crippen molar-refractivity contribution >= 4 is 12.0 Å². The summed E-state index contributed by atoms with van der Waals surface area (Å²) in [6.45, 7) is 8.37. The number of carbonyl (C=O) groups excluding carboxylic acids is 1. The van der Waals surface area contributed by atoms with Gasteiger partial charge in [-0.15, -0.1) is 0 Å². The van der Waals surface area contributed by atoms with Gasteiger partial charge in [-0.3, -0.25) is 4.79 Å². The Bertz CT molecular complexity index is 319. The smallest absolute Gasteiger partial charge is 0.314 e. The molecule has 4 N–H and O–H groups in total. The fraction of sp³-hybridized carbons (Fsp3) is 0.857. The number of carboxylic acid groups (broad SMARTS) is 1. The van der Waals surface area contributed by atoms with E-state index in [1.807, 2.05) is 6.92 Å². The highest BCUT2D eigenvalue weighted by Gasteiger charge is 2.09. The molecule has 7 heteroatoms. The Hall–Kier alpha value is -1.34. The van der Waals surface area contributed by atoms with Gasteiger partial charge in [0.1, 0.15) is 0 Å². The van der Waals surface area contributed by atoms with Crippen molar-refractivity contribution in [3.05, 3.63) is 0 Å². The number of nitrogens with one attached hydrogen (secondary N) is 3. The SMILES string of the molecule is CC(CCC(=O)O)CNC(=O)NCCCN1CCNCC1. The highest BCUT2D eigenvalue weighted by molar-refractivity contribution is 5.73. The number of urea groups is 1. The molecule has 0 aromatic heterocycles. The van der Waals surface area contributed by atoms with Crippen LogP contribution in [-0.4, -0.2) is 67.8 Å². The predicted molar refractivity (Wildman–Crippen MR) is 81.4 cm³/mol. The van der Waals surface area contributed by atoms with Crippen LogP contribution >= 0.6 is 0 Å². The maximum Gasteiger partial charge on any atom is 0.314 e. The summed E-state index contributed by atoms with van der Waals surface area (Å²) in [5, 5.41) is 17.5. The summed E-state index contributed by atoms with van der Waals surface area (Å²) in [5.41, 5.74) is 0. The molecule has 0 aliphatic carbocycles. The Balaban J connectivity index is 1.96. The van der Waals surface area contributed by atoms with E-state index in [9.17, 15) is 9.59 Å². The van der Waals surface area contributed by atoms with Crippen LogP contribution in [0.5, 0.6) is 0 Å². The summed E-state index contributed by atoms with van der Waals surface area (Å²) in [6.07, 6.45) is 1.68. The molecular weight excluding hydrogens is 272 g/mol. The monoisotopic (exact) mass is 300 g/mol. The van der Waals surface area contributed by atoms with Gasteiger partial charge in [0.2, 0.25) is 0 Å². The Kier molecular flexibility index (Phi) is 8.77. The zero-order chi connectivity index (χ0) is 15.5. The van der Waals surface area contributed by atoms with Gasteiger partial charge in [-0.2, -0.15) is 0 Å². The van der Waals surface area contributed by atoms with Crippen molar-refractivity contribution in [2.75, 3.05) is 45.8 Å². The van der Waals surface area contributed by atoms with Crippen LogP contribution in [-0.2, 0) is 4.79 Å². The fourth-order valence-corrected chi connectivity index (χ4v) is 2.24. The van der Waals surface area contributed by atoms with Gasteiger partial charge in [0.15, 0.2) is 0 Å². The highest BCUT2D eigenvalue weighted by atomic mass is 16.4. The average Bonchev–Trinajstić information content (AvgIpc) is 2.48. The van der Waals surface area contributed by atoms with E-state index in [1.54, 1.807) is 0 Å². The van der Waals surface area contributed by atoms with Crippen LogP contribution in [0, 0.1) is 5.92 Å². The number of piperazine rings is 1. The van der Waals surface area contributed by atoms with Crippen LogP contribution in [0.2, 0.25) is 0 Å². The van der Waals surface area contributed by atoms with Crippen LogP contribution in [0.15, 0.2) is 0 Å². The summed E-state index contributed by atoms with van der Waals surface area (Å²) >= 11 is 0. The van der Waals surface area contributed by atoms with E-state index in [2.05, 4.69) is 20.9 Å². The molecule has 122 valence electrons. The Morgan fingerprint density at radius 3 is 2.67 bits per heavy atom. The third kappa shape index (κ3) is 9.25. The normalized spacial score (nSPS) is 17.2. The largest absolute Gasteiger partial charge is 0.481 e. The molecule has 1 unspecified atom stereocenters. The molecule has 0 spiro atoms. The minimum atomic E-state index is -0.792. The number of aliphatic carboxylic acids is 1. The minimum Gasteiger partial charge on any atom is -0.481 e. The van der Waals surface area contributed by atoms with Gasteiger partial charge in [-0.25, -0.2) is 4.79 Å². The average molecular weight is 300 g/mol. The van der Waals surface area contributed by atoms with Crippen molar-refractivity contribution in [1.82, 2.24) is 20.9 Å².